The predicted molar refractivity (Wildman–Crippen MR) is 58.8 cm³/mol. The second-order valence-electron chi connectivity index (χ2n) is 3.02. The van der Waals surface area contributed by atoms with Crippen LogP contribution in [-0.4, -0.2) is 5.16 Å². The van der Waals surface area contributed by atoms with Crippen molar-refractivity contribution >= 4 is 21.6 Å². The van der Waals surface area contributed by atoms with Crippen LogP contribution in [0.15, 0.2) is 33.5 Å². The number of hydrogen-bond donors (Lipinski definition) is 1. The van der Waals surface area contributed by atoms with Crippen molar-refractivity contribution in [1.82, 2.24) is 5.16 Å². The van der Waals surface area contributed by atoms with E-state index in [9.17, 15) is 0 Å². The van der Waals surface area contributed by atoms with E-state index in [0.717, 1.165) is 21.3 Å². The van der Waals surface area contributed by atoms with E-state index < -0.39 is 0 Å². The molecule has 0 aliphatic rings. The van der Waals surface area contributed by atoms with Gasteiger partial charge < -0.3 is 10.3 Å². The van der Waals surface area contributed by atoms with Gasteiger partial charge in [0.1, 0.15) is 12.0 Å². The van der Waals surface area contributed by atoms with Gasteiger partial charge in [0.2, 0.25) is 0 Å². The number of nitrogen functional groups attached to an aromatic ring is 1. The van der Waals surface area contributed by atoms with Gasteiger partial charge in [0.15, 0.2) is 0 Å². The molecule has 2 aromatic rings. The Hall–Kier alpha value is -1.29. The number of halogens is 1. The molecule has 0 saturated heterocycles. The van der Waals surface area contributed by atoms with Crippen LogP contribution in [0.1, 0.15) is 5.56 Å². The Kier molecular flexibility index (Phi) is 2.29. The highest BCUT2D eigenvalue weighted by atomic mass is 79.9. The molecule has 0 bridgehead atoms. The Bertz CT molecular complexity index is 451. The lowest BCUT2D eigenvalue weighted by Gasteiger charge is -2.07. The molecule has 0 fully saturated rings. The maximum Gasteiger partial charge on any atom is 0.124 e. The van der Waals surface area contributed by atoms with E-state index in [4.69, 9.17) is 10.3 Å². The van der Waals surface area contributed by atoms with Crippen molar-refractivity contribution in [2.24, 2.45) is 0 Å². The minimum Gasteiger partial charge on any atom is -0.398 e. The Morgan fingerprint density at radius 1 is 1.36 bits per heavy atom. The van der Waals surface area contributed by atoms with E-state index >= 15 is 0 Å². The molecule has 1 aromatic carbocycles. The molecule has 14 heavy (non-hydrogen) atoms. The van der Waals surface area contributed by atoms with Crippen molar-refractivity contribution in [2.75, 3.05) is 5.73 Å². The molecule has 4 heteroatoms. The molecule has 3 nitrogen and oxygen atoms in total. The highest BCUT2D eigenvalue weighted by Crippen LogP contribution is 2.32. The zero-order valence-corrected chi connectivity index (χ0v) is 9.21. The van der Waals surface area contributed by atoms with Crippen molar-refractivity contribution in [3.05, 3.63) is 34.5 Å². The molecule has 1 aromatic heterocycles. The van der Waals surface area contributed by atoms with Gasteiger partial charge in [-0.3, -0.25) is 0 Å². The van der Waals surface area contributed by atoms with Crippen LogP contribution in [-0.2, 0) is 0 Å². The summed E-state index contributed by atoms with van der Waals surface area (Å²) in [6.45, 7) is 1.99. The summed E-state index contributed by atoms with van der Waals surface area (Å²) in [6, 6.07) is 5.57. The number of aromatic nitrogens is 1. The number of nitrogens with two attached hydrogens (primary N) is 1. The maximum absolute atomic E-state index is 5.88. The molecule has 0 atom stereocenters. The Labute approximate surface area is 90.0 Å². The van der Waals surface area contributed by atoms with Gasteiger partial charge in [-0.1, -0.05) is 21.1 Å². The van der Waals surface area contributed by atoms with Crippen molar-refractivity contribution < 1.29 is 4.52 Å². The van der Waals surface area contributed by atoms with Crippen LogP contribution < -0.4 is 5.73 Å². The molecule has 72 valence electrons. The second-order valence-corrected chi connectivity index (χ2v) is 3.88. The lowest BCUT2D eigenvalue weighted by molar-refractivity contribution is 0.422. The molecule has 0 unspecified atom stereocenters. The molecule has 0 radical (unpaired) electrons. The molecule has 1 heterocycles. The first-order valence-corrected chi connectivity index (χ1v) is 4.95. The summed E-state index contributed by atoms with van der Waals surface area (Å²) in [6.07, 6.45) is 1.54. The topological polar surface area (TPSA) is 52.0 Å². The normalized spacial score (nSPS) is 10.4. The summed E-state index contributed by atoms with van der Waals surface area (Å²) in [7, 11) is 0. The third kappa shape index (κ3) is 1.42. The van der Waals surface area contributed by atoms with Gasteiger partial charge in [0.05, 0.1) is 0 Å². The molecule has 0 spiro atoms. The van der Waals surface area contributed by atoms with Gasteiger partial charge in [0, 0.05) is 21.8 Å². The number of rotatable bonds is 1. The quantitative estimate of drug-likeness (QED) is 0.795. The summed E-state index contributed by atoms with van der Waals surface area (Å²) in [4.78, 5) is 0. The average molecular weight is 253 g/mol. The lowest BCUT2D eigenvalue weighted by atomic mass is 10.0. The first-order valence-electron chi connectivity index (χ1n) is 4.15. The molecular formula is C10H9BrN2O. The monoisotopic (exact) mass is 252 g/mol. The summed E-state index contributed by atoms with van der Waals surface area (Å²) in [5.41, 5.74) is 9.34. The summed E-state index contributed by atoms with van der Waals surface area (Å²) in [5.74, 6) is 0. The minimum atomic E-state index is 0.708. The maximum atomic E-state index is 5.88. The van der Waals surface area contributed by atoms with Crippen LogP contribution in [0.2, 0.25) is 0 Å². The minimum absolute atomic E-state index is 0.708. The molecule has 0 saturated carbocycles. The first-order chi connectivity index (χ1) is 6.70. The fraction of sp³-hybridized carbons (Fsp3) is 0.100. The predicted octanol–water partition coefficient (Wildman–Crippen LogP) is 2.99. The highest BCUT2D eigenvalue weighted by Gasteiger charge is 2.10. The number of nitrogens with zero attached hydrogens (tertiary/aromatic N) is 1. The molecule has 0 aliphatic heterocycles. The zero-order chi connectivity index (χ0) is 10.1. The van der Waals surface area contributed by atoms with Crippen LogP contribution >= 0.6 is 15.9 Å². The fourth-order valence-electron chi connectivity index (χ4n) is 1.39. The van der Waals surface area contributed by atoms with E-state index in [0.29, 0.717) is 5.69 Å². The number of hydrogen-bond acceptors (Lipinski definition) is 3. The molecule has 2 rings (SSSR count). The largest absolute Gasteiger partial charge is 0.398 e. The average Bonchev–Trinajstić information content (AvgIpc) is 2.65. The highest BCUT2D eigenvalue weighted by molar-refractivity contribution is 9.10. The third-order valence-electron chi connectivity index (χ3n) is 2.13. The molecular weight excluding hydrogens is 244 g/mol. The van der Waals surface area contributed by atoms with E-state index in [2.05, 4.69) is 21.1 Å². The van der Waals surface area contributed by atoms with Gasteiger partial charge in [0.25, 0.3) is 0 Å². The summed E-state index contributed by atoms with van der Waals surface area (Å²) >= 11 is 3.45. The Balaban J connectivity index is 2.69. The van der Waals surface area contributed by atoms with Gasteiger partial charge in [-0.15, -0.1) is 0 Å². The van der Waals surface area contributed by atoms with Crippen molar-refractivity contribution in [3.8, 4) is 11.3 Å². The van der Waals surface area contributed by atoms with E-state index in [-0.39, 0.29) is 0 Å². The Morgan fingerprint density at radius 2 is 2.14 bits per heavy atom. The van der Waals surface area contributed by atoms with Gasteiger partial charge in [-0.25, -0.2) is 0 Å². The van der Waals surface area contributed by atoms with Crippen LogP contribution in [0, 0.1) is 6.92 Å². The lowest BCUT2D eigenvalue weighted by Crippen LogP contribution is -1.93. The second kappa shape index (κ2) is 3.46. The summed E-state index contributed by atoms with van der Waals surface area (Å²) < 4.78 is 5.82. The van der Waals surface area contributed by atoms with Crippen molar-refractivity contribution in [1.29, 1.82) is 0 Å². The molecule has 2 N–H and O–H groups in total. The van der Waals surface area contributed by atoms with E-state index in [1.807, 2.05) is 19.1 Å². The Morgan fingerprint density at radius 3 is 2.79 bits per heavy atom. The van der Waals surface area contributed by atoms with Crippen molar-refractivity contribution in [3.63, 3.8) is 0 Å². The summed E-state index contributed by atoms with van der Waals surface area (Å²) in [5, 5.41) is 3.87. The zero-order valence-electron chi connectivity index (χ0n) is 7.62. The third-order valence-corrected chi connectivity index (χ3v) is 2.98. The number of benzene rings is 1. The fourth-order valence-corrected chi connectivity index (χ4v) is 1.72. The van der Waals surface area contributed by atoms with Crippen LogP contribution in [0.5, 0.6) is 0 Å². The van der Waals surface area contributed by atoms with Crippen LogP contribution in [0.3, 0.4) is 0 Å². The van der Waals surface area contributed by atoms with Gasteiger partial charge in [-0.2, -0.15) is 0 Å². The SMILES string of the molecule is Cc1c(Br)ccc(N)c1-c1ccon1. The molecule has 0 amide bonds. The van der Waals surface area contributed by atoms with Gasteiger partial charge in [-0.05, 0) is 24.6 Å². The van der Waals surface area contributed by atoms with Gasteiger partial charge >= 0.3 is 0 Å². The standard InChI is InChI=1S/C10H9BrN2O/c1-6-7(11)2-3-8(12)10(6)9-4-5-14-13-9/h2-5H,12H2,1H3. The smallest absolute Gasteiger partial charge is 0.124 e. The first kappa shape index (κ1) is 9.27. The van der Waals surface area contributed by atoms with E-state index in [1.165, 1.54) is 6.26 Å². The molecule has 0 aliphatic carbocycles. The van der Waals surface area contributed by atoms with E-state index in [1.54, 1.807) is 6.07 Å². The van der Waals surface area contributed by atoms with Crippen molar-refractivity contribution in [2.45, 2.75) is 6.92 Å². The van der Waals surface area contributed by atoms with Crippen LogP contribution in [0.4, 0.5) is 5.69 Å². The number of anilines is 1. The van der Waals surface area contributed by atoms with Crippen LogP contribution in [0.25, 0.3) is 11.3 Å².